The van der Waals surface area contributed by atoms with Crippen LogP contribution in [0.2, 0.25) is 0 Å². The molecule has 0 aliphatic carbocycles. The van der Waals surface area contributed by atoms with Crippen molar-refractivity contribution in [3.05, 3.63) is 23.8 Å². The van der Waals surface area contributed by atoms with Crippen LogP contribution < -0.4 is 10.6 Å². The molecule has 0 amide bonds. The molecule has 1 aliphatic rings. The maximum absolute atomic E-state index is 9.05. The van der Waals surface area contributed by atoms with E-state index in [2.05, 4.69) is 29.7 Å². The van der Waals surface area contributed by atoms with E-state index in [0.29, 0.717) is 17.3 Å². The second-order valence-corrected chi connectivity index (χ2v) is 4.96. The predicted octanol–water partition coefficient (Wildman–Crippen LogP) is 2.06. The second kappa shape index (κ2) is 5.94. The summed E-state index contributed by atoms with van der Waals surface area (Å²) < 4.78 is 0. The number of nitrogens with zero attached hydrogens (tertiary/aromatic N) is 3. The zero-order chi connectivity index (χ0) is 13.8. The van der Waals surface area contributed by atoms with E-state index < -0.39 is 0 Å². The first kappa shape index (κ1) is 13.7. The smallest absolute Gasteiger partial charge is 0.101 e. The summed E-state index contributed by atoms with van der Waals surface area (Å²) in [6.07, 6.45) is 1.16. The molecule has 0 aromatic heterocycles. The summed E-state index contributed by atoms with van der Waals surface area (Å²) in [4.78, 5) is 4.80. The van der Waals surface area contributed by atoms with Crippen molar-refractivity contribution in [1.82, 2.24) is 4.90 Å². The Labute approximate surface area is 115 Å². The Morgan fingerprint density at radius 3 is 2.79 bits per heavy atom. The number of nitrogen functional groups attached to an aromatic ring is 1. The second-order valence-electron chi connectivity index (χ2n) is 4.96. The molecule has 1 fully saturated rings. The lowest BCUT2D eigenvalue weighted by Gasteiger charge is -2.27. The van der Waals surface area contributed by atoms with E-state index >= 15 is 0 Å². The SMILES string of the molecule is CCN(CC)C1CCN(c2cccc(C#N)c2N)C1. The number of nitrogens with two attached hydrogens (primary N) is 1. The third-order valence-corrected chi connectivity index (χ3v) is 4.04. The van der Waals surface area contributed by atoms with Crippen LogP contribution in [-0.2, 0) is 0 Å². The predicted molar refractivity (Wildman–Crippen MR) is 79.1 cm³/mol. The number of hydrogen-bond acceptors (Lipinski definition) is 4. The van der Waals surface area contributed by atoms with Gasteiger partial charge in [0.2, 0.25) is 0 Å². The van der Waals surface area contributed by atoms with Gasteiger partial charge >= 0.3 is 0 Å². The number of para-hydroxylation sites is 1. The van der Waals surface area contributed by atoms with Crippen LogP contribution in [0.1, 0.15) is 25.8 Å². The van der Waals surface area contributed by atoms with Crippen LogP contribution in [0.4, 0.5) is 11.4 Å². The molecule has 1 saturated heterocycles. The standard InChI is InChI=1S/C15H22N4/c1-3-18(4-2)13-8-9-19(11-13)14-7-5-6-12(10-16)15(14)17/h5-7,13H,3-4,8-9,11,17H2,1-2H3. The molecule has 4 nitrogen and oxygen atoms in total. The Bertz CT molecular complexity index is 474. The fraction of sp³-hybridized carbons (Fsp3) is 0.533. The first-order valence-corrected chi connectivity index (χ1v) is 6.98. The number of nitriles is 1. The molecule has 1 aliphatic heterocycles. The van der Waals surface area contributed by atoms with Gasteiger partial charge in [0, 0.05) is 19.1 Å². The molecular weight excluding hydrogens is 236 g/mol. The van der Waals surface area contributed by atoms with Gasteiger partial charge in [0.05, 0.1) is 16.9 Å². The molecule has 1 atom stereocenters. The Balaban J connectivity index is 2.15. The molecule has 0 saturated carbocycles. The fourth-order valence-corrected chi connectivity index (χ4v) is 2.92. The van der Waals surface area contributed by atoms with Gasteiger partial charge in [-0.3, -0.25) is 4.90 Å². The monoisotopic (exact) mass is 258 g/mol. The van der Waals surface area contributed by atoms with Gasteiger partial charge in [-0.05, 0) is 31.6 Å². The van der Waals surface area contributed by atoms with Crippen molar-refractivity contribution in [2.45, 2.75) is 26.3 Å². The average Bonchev–Trinajstić information content (AvgIpc) is 2.90. The highest BCUT2D eigenvalue weighted by Gasteiger charge is 2.27. The van der Waals surface area contributed by atoms with Crippen LogP contribution in [0.15, 0.2) is 18.2 Å². The van der Waals surface area contributed by atoms with Crippen molar-refractivity contribution >= 4 is 11.4 Å². The van der Waals surface area contributed by atoms with Crippen LogP contribution in [0, 0.1) is 11.3 Å². The number of rotatable bonds is 4. The van der Waals surface area contributed by atoms with Crippen molar-refractivity contribution in [2.24, 2.45) is 0 Å². The zero-order valence-electron chi connectivity index (χ0n) is 11.8. The van der Waals surface area contributed by atoms with E-state index in [4.69, 9.17) is 11.0 Å². The molecule has 0 radical (unpaired) electrons. The van der Waals surface area contributed by atoms with Crippen LogP contribution in [0.5, 0.6) is 0 Å². The summed E-state index contributed by atoms with van der Waals surface area (Å²) >= 11 is 0. The largest absolute Gasteiger partial charge is 0.396 e. The van der Waals surface area contributed by atoms with Gasteiger partial charge in [0.1, 0.15) is 6.07 Å². The average molecular weight is 258 g/mol. The summed E-state index contributed by atoms with van der Waals surface area (Å²) in [5.41, 5.74) is 8.28. The van der Waals surface area contributed by atoms with Crippen LogP contribution in [-0.4, -0.2) is 37.1 Å². The van der Waals surface area contributed by atoms with Crippen molar-refractivity contribution in [3.63, 3.8) is 0 Å². The summed E-state index contributed by atoms with van der Waals surface area (Å²) in [5.74, 6) is 0. The maximum atomic E-state index is 9.05. The summed E-state index contributed by atoms with van der Waals surface area (Å²) in [7, 11) is 0. The summed E-state index contributed by atoms with van der Waals surface area (Å²) in [5, 5.41) is 9.05. The third kappa shape index (κ3) is 2.66. The summed E-state index contributed by atoms with van der Waals surface area (Å²) in [6.45, 7) is 8.60. The quantitative estimate of drug-likeness (QED) is 0.840. The molecular formula is C15H22N4. The van der Waals surface area contributed by atoms with E-state index in [-0.39, 0.29) is 0 Å². The highest BCUT2D eigenvalue weighted by Crippen LogP contribution is 2.30. The minimum absolute atomic E-state index is 0.573. The van der Waals surface area contributed by atoms with Gasteiger partial charge in [-0.1, -0.05) is 19.9 Å². The normalized spacial score (nSPS) is 18.8. The van der Waals surface area contributed by atoms with Gasteiger partial charge < -0.3 is 10.6 Å². The molecule has 1 aromatic rings. The van der Waals surface area contributed by atoms with Crippen molar-refractivity contribution < 1.29 is 0 Å². The van der Waals surface area contributed by atoms with Gasteiger partial charge in [0.15, 0.2) is 0 Å². The zero-order valence-corrected chi connectivity index (χ0v) is 11.8. The highest BCUT2D eigenvalue weighted by molar-refractivity contribution is 5.74. The molecule has 102 valence electrons. The van der Waals surface area contributed by atoms with Gasteiger partial charge in [0.25, 0.3) is 0 Å². The first-order valence-electron chi connectivity index (χ1n) is 6.98. The van der Waals surface area contributed by atoms with E-state index in [1.54, 1.807) is 6.07 Å². The Morgan fingerprint density at radius 2 is 2.16 bits per heavy atom. The summed E-state index contributed by atoms with van der Waals surface area (Å²) in [6, 6.07) is 8.45. The molecule has 0 bridgehead atoms. The lowest BCUT2D eigenvalue weighted by Crippen LogP contribution is -2.37. The number of benzene rings is 1. The minimum Gasteiger partial charge on any atom is -0.396 e. The van der Waals surface area contributed by atoms with Crippen molar-refractivity contribution in [1.29, 1.82) is 5.26 Å². The molecule has 1 heterocycles. The minimum atomic E-state index is 0.573. The lowest BCUT2D eigenvalue weighted by molar-refractivity contribution is 0.232. The lowest BCUT2D eigenvalue weighted by atomic mass is 10.1. The Hall–Kier alpha value is -1.73. The van der Waals surface area contributed by atoms with Gasteiger partial charge in [-0.15, -0.1) is 0 Å². The molecule has 1 unspecified atom stereocenters. The van der Waals surface area contributed by atoms with Crippen molar-refractivity contribution in [3.8, 4) is 6.07 Å². The first-order chi connectivity index (χ1) is 9.21. The van der Waals surface area contributed by atoms with Crippen LogP contribution in [0.25, 0.3) is 0 Å². The van der Waals surface area contributed by atoms with E-state index in [1.165, 1.54) is 0 Å². The van der Waals surface area contributed by atoms with E-state index in [0.717, 1.165) is 38.3 Å². The molecule has 2 N–H and O–H groups in total. The number of likely N-dealkylation sites (N-methyl/N-ethyl adjacent to an activating group) is 1. The maximum Gasteiger partial charge on any atom is 0.101 e. The van der Waals surface area contributed by atoms with Gasteiger partial charge in [-0.2, -0.15) is 5.26 Å². The highest BCUT2D eigenvalue weighted by atomic mass is 15.3. The Morgan fingerprint density at radius 1 is 1.42 bits per heavy atom. The van der Waals surface area contributed by atoms with Crippen molar-refractivity contribution in [2.75, 3.05) is 36.8 Å². The fourth-order valence-electron chi connectivity index (χ4n) is 2.92. The van der Waals surface area contributed by atoms with E-state index in [9.17, 15) is 0 Å². The van der Waals surface area contributed by atoms with E-state index in [1.807, 2.05) is 12.1 Å². The Kier molecular flexibility index (Phi) is 4.28. The van der Waals surface area contributed by atoms with Crippen LogP contribution >= 0.6 is 0 Å². The number of hydrogen-bond donors (Lipinski definition) is 1. The third-order valence-electron chi connectivity index (χ3n) is 4.04. The topological polar surface area (TPSA) is 56.3 Å². The molecule has 2 rings (SSSR count). The van der Waals surface area contributed by atoms with Crippen LogP contribution in [0.3, 0.4) is 0 Å². The number of anilines is 2. The molecule has 19 heavy (non-hydrogen) atoms. The van der Waals surface area contributed by atoms with Gasteiger partial charge in [-0.25, -0.2) is 0 Å². The molecule has 0 spiro atoms. The molecule has 4 heteroatoms. The molecule has 1 aromatic carbocycles.